The van der Waals surface area contributed by atoms with Crippen molar-refractivity contribution in [3.8, 4) is 5.82 Å². The molecule has 0 spiro atoms. The summed E-state index contributed by atoms with van der Waals surface area (Å²) in [5.41, 5.74) is 7.77. The van der Waals surface area contributed by atoms with Gasteiger partial charge < -0.3 is 5.73 Å². The molecular formula is C10H11BrN6. The average molecular weight is 295 g/mol. The normalized spacial score (nSPS) is 10.5. The maximum Gasteiger partial charge on any atom is 0.186 e. The highest BCUT2D eigenvalue weighted by molar-refractivity contribution is 9.10. The van der Waals surface area contributed by atoms with E-state index in [-0.39, 0.29) is 5.84 Å². The molecule has 0 bridgehead atoms. The SMILES string of the molecule is Cc1nn(-c2nnccc2C(=N)N)c(C)c1Br. The fourth-order valence-corrected chi connectivity index (χ4v) is 1.77. The molecule has 0 aromatic carbocycles. The summed E-state index contributed by atoms with van der Waals surface area (Å²) in [7, 11) is 0. The molecule has 3 N–H and O–H groups in total. The highest BCUT2D eigenvalue weighted by Gasteiger charge is 2.15. The number of amidine groups is 1. The number of hydrogen-bond donors (Lipinski definition) is 2. The number of nitrogens with one attached hydrogen (secondary N) is 1. The Balaban J connectivity index is 2.68. The summed E-state index contributed by atoms with van der Waals surface area (Å²) in [6.45, 7) is 3.79. The van der Waals surface area contributed by atoms with E-state index in [0.717, 1.165) is 15.9 Å². The minimum Gasteiger partial charge on any atom is -0.384 e. The minimum atomic E-state index is -0.0569. The molecule has 0 aliphatic carbocycles. The first-order valence-corrected chi connectivity index (χ1v) is 5.70. The Morgan fingerprint density at radius 2 is 2.18 bits per heavy atom. The molecule has 6 nitrogen and oxygen atoms in total. The number of nitrogens with zero attached hydrogens (tertiary/aromatic N) is 4. The zero-order valence-electron chi connectivity index (χ0n) is 9.40. The summed E-state index contributed by atoms with van der Waals surface area (Å²) >= 11 is 3.44. The number of nitrogens with two attached hydrogens (primary N) is 1. The number of hydrogen-bond acceptors (Lipinski definition) is 4. The molecule has 0 aliphatic heterocycles. The van der Waals surface area contributed by atoms with Gasteiger partial charge in [-0.2, -0.15) is 10.2 Å². The predicted molar refractivity (Wildman–Crippen MR) is 67.3 cm³/mol. The molecule has 88 valence electrons. The van der Waals surface area contributed by atoms with E-state index < -0.39 is 0 Å². The fraction of sp³-hybridized carbons (Fsp3) is 0.200. The van der Waals surface area contributed by atoms with E-state index in [2.05, 4.69) is 31.2 Å². The maximum atomic E-state index is 7.51. The molecule has 0 atom stereocenters. The average Bonchev–Trinajstić information content (AvgIpc) is 2.57. The second-order valence-corrected chi connectivity index (χ2v) is 4.37. The van der Waals surface area contributed by atoms with Crippen LogP contribution in [0.4, 0.5) is 0 Å². The van der Waals surface area contributed by atoms with Gasteiger partial charge in [0.25, 0.3) is 0 Å². The van der Waals surface area contributed by atoms with Gasteiger partial charge in [-0.3, -0.25) is 5.41 Å². The third-order valence-electron chi connectivity index (χ3n) is 2.40. The van der Waals surface area contributed by atoms with Crippen molar-refractivity contribution in [2.75, 3.05) is 0 Å². The largest absolute Gasteiger partial charge is 0.384 e. The molecule has 0 unspecified atom stereocenters. The number of nitrogen functional groups attached to an aromatic ring is 1. The Morgan fingerprint density at radius 3 is 2.71 bits per heavy atom. The smallest absolute Gasteiger partial charge is 0.186 e. The van der Waals surface area contributed by atoms with Crippen LogP contribution in [0.2, 0.25) is 0 Å². The second-order valence-electron chi connectivity index (χ2n) is 3.58. The molecule has 2 rings (SSSR count). The van der Waals surface area contributed by atoms with Crippen molar-refractivity contribution in [3.63, 3.8) is 0 Å². The first-order chi connectivity index (χ1) is 8.02. The lowest BCUT2D eigenvalue weighted by Crippen LogP contribution is -2.17. The molecule has 2 aromatic heterocycles. The number of aryl methyl sites for hydroxylation is 1. The highest BCUT2D eigenvalue weighted by Crippen LogP contribution is 2.23. The van der Waals surface area contributed by atoms with Crippen LogP contribution < -0.4 is 5.73 Å². The Morgan fingerprint density at radius 1 is 1.47 bits per heavy atom. The summed E-state index contributed by atoms with van der Waals surface area (Å²) in [5.74, 6) is 0.407. The molecule has 0 saturated carbocycles. The summed E-state index contributed by atoms with van der Waals surface area (Å²) in [6.07, 6.45) is 1.50. The lowest BCUT2D eigenvalue weighted by molar-refractivity contribution is 0.778. The van der Waals surface area contributed by atoms with Gasteiger partial charge in [0.2, 0.25) is 0 Å². The fourth-order valence-electron chi connectivity index (χ4n) is 1.52. The van der Waals surface area contributed by atoms with Gasteiger partial charge in [-0.25, -0.2) is 4.68 Å². The van der Waals surface area contributed by atoms with Crippen LogP contribution in [-0.4, -0.2) is 25.8 Å². The van der Waals surface area contributed by atoms with Crippen molar-refractivity contribution in [2.45, 2.75) is 13.8 Å². The quantitative estimate of drug-likeness (QED) is 0.645. The van der Waals surface area contributed by atoms with Gasteiger partial charge in [0, 0.05) is 0 Å². The first kappa shape index (κ1) is 11.7. The van der Waals surface area contributed by atoms with Gasteiger partial charge in [-0.05, 0) is 35.8 Å². The van der Waals surface area contributed by atoms with Crippen LogP contribution in [-0.2, 0) is 0 Å². The topological polar surface area (TPSA) is 93.5 Å². The van der Waals surface area contributed by atoms with Gasteiger partial charge in [0.1, 0.15) is 5.84 Å². The van der Waals surface area contributed by atoms with Gasteiger partial charge in [0.05, 0.1) is 27.6 Å². The van der Waals surface area contributed by atoms with Crippen LogP contribution in [0, 0.1) is 19.3 Å². The van der Waals surface area contributed by atoms with Crippen molar-refractivity contribution in [1.29, 1.82) is 5.41 Å². The van der Waals surface area contributed by atoms with Gasteiger partial charge in [0.15, 0.2) is 5.82 Å². The van der Waals surface area contributed by atoms with E-state index >= 15 is 0 Å². The van der Waals surface area contributed by atoms with Gasteiger partial charge in [-0.1, -0.05) is 0 Å². The summed E-state index contributed by atoms with van der Waals surface area (Å²) in [6, 6.07) is 1.65. The lowest BCUT2D eigenvalue weighted by atomic mass is 10.2. The van der Waals surface area contributed by atoms with Crippen LogP contribution >= 0.6 is 15.9 Å². The van der Waals surface area contributed by atoms with Crippen molar-refractivity contribution in [3.05, 3.63) is 33.7 Å². The van der Waals surface area contributed by atoms with Crippen molar-refractivity contribution in [2.24, 2.45) is 5.73 Å². The first-order valence-electron chi connectivity index (χ1n) is 4.90. The lowest BCUT2D eigenvalue weighted by Gasteiger charge is -2.07. The number of halogens is 1. The van der Waals surface area contributed by atoms with Gasteiger partial charge >= 0.3 is 0 Å². The monoisotopic (exact) mass is 294 g/mol. The van der Waals surface area contributed by atoms with Crippen molar-refractivity contribution < 1.29 is 0 Å². The third-order valence-corrected chi connectivity index (χ3v) is 3.54. The molecule has 0 amide bonds. The van der Waals surface area contributed by atoms with E-state index in [1.807, 2.05) is 13.8 Å². The van der Waals surface area contributed by atoms with Crippen LogP contribution in [0.25, 0.3) is 5.82 Å². The predicted octanol–water partition coefficient (Wildman–Crippen LogP) is 1.33. The third kappa shape index (κ3) is 1.93. The van der Waals surface area contributed by atoms with E-state index in [1.165, 1.54) is 6.20 Å². The zero-order chi connectivity index (χ0) is 12.6. The van der Waals surface area contributed by atoms with Crippen molar-refractivity contribution >= 4 is 21.8 Å². The molecule has 0 radical (unpaired) electrons. The summed E-state index contributed by atoms with van der Waals surface area (Å²) < 4.78 is 2.54. The molecule has 2 aromatic rings. The van der Waals surface area contributed by atoms with Crippen LogP contribution in [0.15, 0.2) is 16.7 Å². The summed E-state index contributed by atoms with van der Waals surface area (Å²) in [5, 5.41) is 19.7. The van der Waals surface area contributed by atoms with Crippen LogP contribution in [0.3, 0.4) is 0 Å². The van der Waals surface area contributed by atoms with E-state index in [0.29, 0.717) is 11.4 Å². The Bertz CT molecular complexity index is 588. The molecule has 0 fully saturated rings. The molecule has 0 aliphatic rings. The van der Waals surface area contributed by atoms with Crippen LogP contribution in [0.1, 0.15) is 17.0 Å². The molecule has 17 heavy (non-hydrogen) atoms. The standard InChI is InChI=1S/C10H11BrN6/c1-5-8(11)6(2)17(16-5)10-7(9(12)13)3-4-14-15-10/h3-4H,1-2H3,(H3,12,13). The second kappa shape index (κ2) is 4.25. The maximum absolute atomic E-state index is 7.51. The van der Waals surface area contributed by atoms with Crippen molar-refractivity contribution in [1.82, 2.24) is 20.0 Å². The highest BCUT2D eigenvalue weighted by atomic mass is 79.9. The number of aromatic nitrogens is 4. The minimum absolute atomic E-state index is 0.0569. The van der Waals surface area contributed by atoms with E-state index in [1.54, 1.807) is 10.7 Å². The Labute approximate surface area is 106 Å². The Hall–Kier alpha value is -1.76. The summed E-state index contributed by atoms with van der Waals surface area (Å²) in [4.78, 5) is 0. The molecule has 7 heteroatoms. The van der Waals surface area contributed by atoms with Crippen LogP contribution in [0.5, 0.6) is 0 Å². The van der Waals surface area contributed by atoms with Gasteiger partial charge in [-0.15, -0.1) is 5.10 Å². The molecule has 0 saturated heterocycles. The molecule has 2 heterocycles. The number of rotatable bonds is 2. The van der Waals surface area contributed by atoms with E-state index in [4.69, 9.17) is 11.1 Å². The van der Waals surface area contributed by atoms with E-state index in [9.17, 15) is 0 Å². The zero-order valence-corrected chi connectivity index (χ0v) is 11.0. The Kier molecular flexibility index (Phi) is 2.93. The molecular weight excluding hydrogens is 284 g/mol.